The topological polar surface area (TPSA) is 29.9 Å². The maximum atomic E-state index is 4.52. The molecule has 0 unspecified atom stereocenters. The third-order valence-corrected chi connectivity index (χ3v) is 3.32. The SMILES string of the molecule is CCc1c(CNC)cnn1Cc1ccccc1C. The van der Waals surface area contributed by atoms with Crippen molar-refractivity contribution < 1.29 is 0 Å². The van der Waals surface area contributed by atoms with E-state index in [1.54, 1.807) is 0 Å². The quantitative estimate of drug-likeness (QED) is 0.874. The molecule has 0 aliphatic heterocycles. The standard InChI is InChI=1S/C15H21N3/c1-4-15-14(9-16-3)10-17-18(15)11-13-8-6-5-7-12(13)2/h5-8,10,16H,4,9,11H2,1-3H3. The van der Waals surface area contributed by atoms with Crippen molar-refractivity contribution in [2.45, 2.75) is 33.4 Å². The molecule has 0 saturated carbocycles. The van der Waals surface area contributed by atoms with Gasteiger partial charge in [0, 0.05) is 17.8 Å². The summed E-state index contributed by atoms with van der Waals surface area (Å²) in [5.74, 6) is 0. The predicted octanol–water partition coefficient (Wildman–Crippen LogP) is 2.52. The molecule has 0 amide bonds. The van der Waals surface area contributed by atoms with E-state index >= 15 is 0 Å². The first-order chi connectivity index (χ1) is 8.76. The first-order valence-corrected chi connectivity index (χ1v) is 6.49. The van der Waals surface area contributed by atoms with E-state index in [1.165, 1.54) is 22.4 Å². The lowest BCUT2D eigenvalue weighted by Crippen LogP contribution is -2.10. The summed E-state index contributed by atoms with van der Waals surface area (Å²) >= 11 is 0. The summed E-state index contributed by atoms with van der Waals surface area (Å²) in [4.78, 5) is 0. The van der Waals surface area contributed by atoms with Crippen LogP contribution in [0.25, 0.3) is 0 Å². The number of aryl methyl sites for hydroxylation is 1. The van der Waals surface area contributed by atoms with Crippen LogP contribution in [0.3, 0.4) is 0 Å². The molecule has 1 aromatic heterocycles. The first kappa shape index (κ1) is 12.8. The van der Waals surface area contributed by atoms with Gasteiger partial charge in [-0.15, -0.1) is 0 Å². The second kappa shape index (κ2) is 5.83. The lowest BCUT2D eigenvalue weighted by atomic mass is 10.1. The average molecular weight is 243 g/mol. The molecular formula is C15H21N3. The van der Waals surface area contributed by atoms with Crippen LogP contribution in [0.2, 0.25) is 0 Å². The monoisotopic (exact) mass is 243 g/mol. The molecule has 3 nitrogen and oxygen atoms in total. The van der Waals surface area contributed by atoms with Crippen molar-refractivity contribution in [3.05, 3.63) is 52.8 Å². The molecule has 1 heterocycles. The average Bonchev–Trinajstić information content (AvgIpc) is 2.75. The number of nitrogens with one attached hydrogen (secondary N) is 1. The van der Waals surface area contributed by atoms with Crippen LogP contribution < -0.4 is 5.32 Å². The Kier molecular flexibility index (Phi) is 4.15. The Morgan fingerprint density at radius 3 is 2.67 bits per heavy atom. The molecule has 1 N–H and O–H groups in total. The third-order valence-electron chi connectivity index (χ3n) is 3.32. The van der Waals surface area contributed by atoms with Gasteiger partial charge < -0.3 is 5.32 Å². The number of hydrogen-bond donors (Lipinski definition) is 1. The Labute approximate surface area is 109 Å². The van der Waals surface area contributed by atoms with Gasteiger partial charge in [-0.1, -0.05) is 31.2 Å². The fraction of sp³-hybridized carbons (Fsp3) is 0.400. The Hall–Kier alpha value is -1.61. The molecule has 0 fully saturated rings. The Balaban J connectivity index is 2.27. The zero-order valence-corrected chi connectivity index (χ0v) is 11.4. The zero-order chi connectivity index (χ0) is 13.0. The van der Waals surface area contributed by atoms with Gasteiger partial charge in [-0.3, -0.25) is 4.68 Å². The van der Waals surface area contributed by atoms with Gasteiger partial charge in [-0.2, -0.15) is 5.10 Å². The minimum Gasteiger partial charge on any atom is -0.316 e. The van der Waals surface area contributed by atoms with Crippen LogP contribution in [0, 0.1) is 6.92 Å². The highest BCUT2D eigenvalue weighted by Gasteiger charge is 2.09. The molecule has 0 atom stereocenters. The Morgan fingerprint density at radius 2 is 2.00 bits per heavy atom. The molecule has 0 spiro atoms. The molecule has 96 valence electrons. The zero-order valence-electron chi connectivity index (χ0n) is 11.4. The Morgan fingerprint density at radius 1 is 1.22 bits per heavy atom. The van der Waals surface area contributed by atoms with E-state index in [1.807, 2.05) is 13.2 Å². The van der Waals surface area contributed by atoms with Crippen molar-refractivity contribution >= 4 is 0 Å². The van der Waals surface area contributed by atoms with Gasteiger partial charge in [0.25, 0.3) is 0 Å². The van der Waals surface area contributed by atoms with Crippen LogP contribution in [-0.4, -0.2) is 16.8 Å². The van der Waals surface area contributed by atoms with Gasteiger partial charge in [-0.05, 0) is 31.5 Å². The predicted molar refractivity (Wildman–Crippen MR) is 74.6 cm³/mol. The minimum absolute atomic E-state index is 0.861. The summed E-state index contributed by atoms with van der Waals surface area (Å²) in [6, 6.07) is 8.49. The summed E-state index contributed by atoms with van der Waals surface area (Å²) < 4.78 is 2.12. The molecular weight excluding hydrogens is 222 g/mol. The number of hydrogen-bond acceptors (Lipinski definition) is 2. The normalized spacial score (nSPS) is 10.8. The van der Waals surface area contributed by atoms with Crippen molar-refractivity contribution in [3.63, 3.8) is 0 Å². The summed E-state index contributed by atoms with van der Waals surface area (Å²) in [6.07, 6.45) is 3.00. The second-order valence-corrected chi connectivity index (χ2v) is 4.58. The lowest BCUT2D eigenvalue weighted by Gasteiger charge is -2.10. The van der Waals surface area contributed by atoms with E-state index in [-0.39, 0.29) is 0 Å². The molecule has 18 heavy (non-hydrogen) atoms. The molecule has 3 heteroatoms. The molecule has 0 bridgehead atoms. The highest BCUT2D eigenvalue weighted by atomic mass is 15.3. The van der Waals surface area contributed by atoms with Gasteiger partial charge in [-0.25, -0.2) is 0 Å². The van der Waals surface area contributed by atoms with Crippen molar-refractivity contribution in [3.8, 4) is 0 Å². The highest BCUT2D eigenvalue weighted by Crippen LogP contribution is 2.14. The summed E-state index contributed by atoms with van der Waals surface area (Å²) in [5, 5.41) is 7.71. The van der Waals surface area contributed by atoms with Crippen molar-refractivity contribution in [1.29, 1.82) is 0 Å². The molecule has 0 aliphatic rings. The van der Waals surface area contributed by atoms with Crippen LogP contribution in [0.15, 0.2) is 30.5 Å². The van der Waals surface area contributed by atoms with Crippen molar-refractivity contribution in [2.75, 3.05) is 7.05 Å². The van der Waals surface area contributed by atoms with Crippen LogP contribution in [0.4, 0.5) is 0 Å². The molecule has 0 aliphatic carbocycles. The number of aromatic nitrogens is 2. The van der Waals surface area contributed by atoms with E-state index in [0.717, 1.165) is 19.5 Å². The highest BCUT2D eigenvalue weighted by molar-refractivity contribution is 5.27. The van der Waals surface area contributed by atoms with Gasteiger partial charge in [0.1, 0.15) is 0 Å². The fourth-order valence-corrected chi connectivity index (χ4v) is 2.28. The van der Waals surface area contributed by atoms with E-state index in [4.69, 9.17) is 0 Å². The van der Waals surface area contributed by atoms with Gasteiger partial charge in [0.2, 0.25) is 0 Å². The van der Waals surface area contributed by atoms with Crippen LogP contribution in [0.1, 0.15) is 29.3 Å². The number of nitrogens with zero attached hydrogens (tertiary/aromatic N) is 2. The molecule has 0 radical (unpaired) electrons. The lowest BCUT2D eigenvalue weighted by molar-refractivity contribution is 0.643. The summed E-state index contributed by atoms with van der Waals surface area (Å²) in [5.41, 5.74) is 5.29. The van der Waals surface area contributed by atoms with Crippen LogP contribution in [-0.2, 0) is 19.5 Å². The largest absolute Gasteiger partial charge is 0.316 e. The van der Waals surface area contributed by atoms with E-state index in [0.29, 0.717) is 0 Å². The first-order valence-electron chi connectivity index (χ1n) is 6.49. The number of rotatable bonds is 5. The minimum atomic E-state index is 0.861. The molecule has 2 aromatic rings. The smallest absolute Gasteiger partial charge is 0.0665 e. The van der Waals surface area contributed by atoms with E-state index in [9.17, 15) is 0 Å². The van der Waals surface area contributed by atoms with Crippen molar-refractivity contribution in [2.24, 2.45) is 0 Å². The maximum Gasteiger partial charge on any atom is 0.0665 e. The summed E-state index contributed by atoms with van der Waals surface area (Å²) in [6.45, 7) is 6.08. The molecule has 1 aromatic carbocycles. The third kappa shape index (κ3) is 2.62. The number of benzene rings is 1. The fourth-order valence-electron chi connectivity index (χ4n) is 2.28. The van der Waals surface area contributed by atoms with Gasteiger partial charge in [0.15, 0.2) is 0 Å². The molecule has 2 rings (SSSR count). The van der Waals surface area contributed by atoms with E-state index < -0.39 is 0 Å². The van der Waals surface area contributed by atoms with Gasteiger partial charge in [0.05, 0.1) is 12.7 Å². The Bertz CT molecular complexity index is 514. The van der Waals surface area contributed by atoms with Crippen molar-refractivity contribution in [1.82, 2.24) is 15.1 Å². The van der Waals surface area contributed by atoms with Crippen LogP contribution in [0.5, 0.6) is 0 Å². The van der Waals surface area contributed by atoms with E-state index in [2.05, 4.69) is 53.2 Å². The van der Waals surface area contributed by atoms with Gasteiger partial charge >= 0.3 is 0 Å². The second-order valence-electron chi connectivity index (χ2n) is 4.58. The van der Waals surface area contributed by atoms with Crippen LogP contribution >= 0.6 is 0 Å². The maximum absolute atomic E-state index is 4.52. The molecule has 0 saturated heterocycles. The summed E-state index contributed by atoms with van der Waals surface area (Å²) in [7, 11) is 1.97.